The molecule has 3 aliphatic rings. The van der Waals surface area contributed by atoms with Crippen molar-refractivity contribution in [2.24, 2.45) is 0 Å². The lowest BCUT2D eigenvalue weighted by molar-refractivity contribution is 0.0211. The number of carbonyl (C=O) groups excluding carboxylic acids is 2. The molecule has 0 unspecified atom stereocenters. The number of aryl methyl sites for hydroxylation is 2. The molecule has 0 spiro atoms. The van der Waals surface area contributed by atoms with Crippen molar-refractivity contribution in [2.75, 3.05) is 41.0 Å². The van der Waals surface area contributed by atoms with Crippen molar-refractivity contribution in [3.8, 4) is 17.2 Å². The van der Waals surface area contributed by atoms with Crippen LogP contribution in [0.15, 0.2) is 113 Å². The molecule has 0 radical (unpaired) electrons. The monoisotopic (exact) mass is 1180 g/mol. The third-order valence-corrected chi connectivity index (χ3v) is 17.6. The van der Waals surface area contributed by atoms with E-state index in [-0.39, 0.29) is 44.8 Å². The minimum absolute atomic E-state index is 0. The third-order valence-electron chi connectivity index (χ3n) is 14.1. The SMILES string of the molecule is C.C.COc1ccc2[nH]c3c(c2c1)CCN(C(=O)OC(C)(C)C)C3.COc1ccc2c(c1)c1c(n2S(=O)(=O)c2ccc(C)cc2)CN(C(=O)OC(C)(C)C)CC1.COc1ccc2c(c1)c1c(n2S(=O)(=O)c2ccc(C)cc2)CNCC1.Cl. The van der Waals surface area contributed by atoms with E-state index < -0.39 is 37.3 Å². The molecule has 5 aromatic carbocycles. The summed E-state index contributed by atoms with van der Waals surface area (Å²) in [6, 6.07) is 30.7. The van der Waals surface area contributed by atoms with Gasteiger partial charge in [-0.05, 0) is 177 Å². The summed E-state index contributed by atoms with van der Waals surface area (Å²) < 4.78 is 84.1. The highest BCUT2D eigenvalue weighted by molar-refractivity contribution is 7.90. The van der Waals surface area contributed by atoms with Crippen LogP contribution in [-0.2, 0) is 68.4 Å². The van der Waals surface area contributed by atoms with Crippen molar-refractivity contribution in [3.05, 3.63) is 148 Å². The first-order valence-electron chi connectivity index (χ1n) is 26.3. The first-order valence-corrected chi connectivity index (χ1v) is 29.2. The maximum absolute atomic E-state index is 13.7. The Balaban J connectivity index is 0.000000198. The maximum Gasteiger partial charge on any atom is 0.410 e. The Labute approximate surface area is 489 Å². The molecule has 0 atom stereocenters. The van der Waals surface area contributed by atoms with Gasteiger partial charge in [0.2, 0.25) is 0 Å². The normalized spacial score (nSPS) is 14.0. The van der Waals surface area contributed by atoms with Crippen LogP contribution in [0.5, 0.6) is 17.2 Å². The number of nitrogens with one attached hydrogen (secondary N) is 2. The fraction of sp³-hybridized carbons (Fsp3) is 0.387. The summed E-state index contributed by atoms with van der Waals surface area (Å²) in [4.78, 5) is 32.2. The van der Waals surface area contributed by atoms with E-state index in [0.717, 1.165) is 80.8 Å². The number of hydrogen-bond donors (Lipinski definition) is 2. The van der Waals surface area contributed by atoms with Crippen molar-refractivity contribution in [1.82, 2.24) is 28.0 Å². The van der Waals surface area contributed by atoms with Crippen molar-refractivity contribution in [3.63, 3.8) is 0 Å². The topological polar surface area (TPSA) is 193 Å². The molecule has 3 aromatic heterocycles. The van der Waals surface area contributed by atoms with Crippen molar-refractivity contribution < 1.29 is 50.1 Å². The summed E-state index contributed by atoms with van der Waals surface area (Å²) in [6.07, 6.45) is 1.44. The van der Waals surface area contributed by atoms with E-state index in [0.29, 0.717) is 60.0 Å². The van der Waals surface area contributed by atoms with Gasteiger partial charge in [-0.1, -0.05) is 50.2 Å². The predicted molar refractivity (Wildman–Crippen MR) is 326 cm³/mol. The Morgan fingerprint density at radius 3 is 1.40 bits per heavy atom. The van der Waals surface area contributed by atoms with Crippen molar-refractivity contribution in [2.45, 2.75) is 130 Å². The summed E-state index contributed by atoms with van der Waals surface area (Å²) in [5, 5.41) is 6.23. The van der Waals surface area contributed by atoms with E-state index in [1.165, 1.54) is 18.9 Å². The summed E-state index contributed by atoms with van der Waals surface area (Å²) in [7, 11) is -2.68. The number of H-pyrrole nitrogens is 1. The Kier molecular flexibility index (Phi) is 19.6. The maximum atomic E-state index is 13.7. The van der Waals surface area contributed by atoms with Gasteiger partial charge in [-0.15, -0.1) is 12.4 Å². The van der Waals surface area contributed by atoms with Gasteiger partial charge in [0.05, 0.1) is 66.6 Å². The summed E-state index contributed by atoms with van der Waals surface area (Å²) in [5.74, 6) is 2.24. The Hall–Kier alpha value is -7.19. The second kappa shape index (κ2) is 25.1. The van der Waals surface area contributed by atoms with Crippen LogP contribution in [0, 0.1) is 13.8 Å². The average Bonchev–Trinajstić information content (AvgIpc) is 4.27. The van der Waals surface area contributed by atoms with Crippen LogP contribution in [0.4, 0.5) is 9.59 Å². The second-order valence-corrected chi connectivity index (χ2v) is 25.6. The van der Waals surface area contributed by atoms with E-state index in [1.54, 1.807) is 79.7 Å². The first kappa shape index (κ1) is 64.0. The number of amides is 2. The van der Waals surface area contributed by atoms with E-state index in [9.17, 15) is 26.4 Å². The van der Waals surface area contributed by atoms with E-state index in [1.807, 2.05) is 110 Å². The molecule has 82 heavy (non-hydrogen) atoms. The largest absolute Gasteiger partial charge is 0.497 e. The molecule has 20 heteroatoms. The highest BCUT2D eigenvalue weighted by Gasteiger charge is 2.35. The van der Waals surface area contributed by atoms with Gasteiger partial charge in [0.1, 0.15) is 28.5 Å². The molecule has 442 valence electrons. The van der Waals surface area contributed by atoms with Crippen LogP contribution >= 0.6 is 12.4 Å². The lowest BCUT2D eigenvalue weighted by Crippen LogP contribution is -2.40. The quantitative estimate of drug-likeness (QED) is 0.154. The van der Waals surface area contributed by atoms with Crippen LogP contribution in [-0.4, -0.2) is 104 Å². The molecule has 0 bridgehead atoms. The zero-order chi connectivity index (χ0) is 56.8. The molecule has 2 amide bonds. The molecule has 3 aliphatic heterocycles. The van der Waals surface area contributed by atoms with Crippen LogP contribution in [0.25, 0.3) is 32.7 Å². The molecule has 6 heterocycles. The van der Waals surface area contributed by atoms with Gasteiger partial charge >= 0.3 is 12.2 Å². The van der Waals surface area contributed by atoms with E-state index >= 15 is 0 Å². The number of fused-ring (bicyclic) bond motifs is 9. The van der Waals surface area contributed by atoms with Crippen molar-refractivity contribution >= 4 is 77.3 Å². The number of aromatic nitrogens is 3. The van der Waals surface area contributed by atoms with Gasteiger partial charge < -0.3 is 43.8 Å². The summed E-state index contributed by atoms with van der Waals surface area (Å²) >= 11 is 0. The van der Waals surface area contributed by atoms with Crippen LogP contribution in [0.1, 0.15) is 101 Å². The molecule has 0 saturated heterocycles. The Morgan fingerprint density at radius 1 is 0.524 bits per heavy atom. The fourth-order valence-corrected chi connectivity index (χ4v) is 13.4. The predicted octanol–water partition coefficient (Wildman–Crippen LogP) is 12.5. The lowest BCUT2D eigenvalue weighted by Gasteiger charge is -2.30. The summed E-state index contributed by atoms with van der Waals surface area (Å²) in [6.45, 7) is 18.1. The molecule has 2 N–H and O–H groups in total. The molecule has 11 rings (SSSR count). The molecular formula is C62H79ClN6O11S2. The third kappa shape index (κ3) is 13.2. The lowest BCUT2D eigenvalue weighted by atomic mass is 10.0. The van der Waals surface area contributed by atoms with E-state index in [2.05, 4.69) is 10.3 Å². The molecular weight excluding hydrogens is 1100 g/mol. The smallest absolute Gasteiger partial charge is 0.410 e. The Morgan fingerprint density at radius 2 is 0.939 bits per heavy atom. The van der Waals surface area contributed by atoms with Crippen molar-refractivity contribution in [1.29, 1.82) is 0 Å². The first-order chi connectivity index (χ1) is 37.4. The van der Waals surface area contributed by atoms with Gasteiger partial charge in [-0.25, -0.2) is 34.4 Å². The second-order valence-electron chi connectivity index (χ2n) is 22.0. The van der Waals surface area contributed by atoms with Gasteiger partial charge in [0.25, 0.3) is 20.0 Å². The number of benzene rings is 5. The zero-order valence-electron chi connectivity index (χ0n) is 47.2. The van der Waals surface area contributed by atoms with Gasteiger partial charge in [0, 0.05) is 47.0 Å². The van der Waals surface area contributed by atoms with E-state index in [4.69, 9.17) is 23.7 Å². The minimum Gasteiger partial charge on any atom is -0.497 e. The van der Waals surface area contributed by atoms with Gasteiger partial charge in [-0.2, -0.15) is 0 Å². The van der Waals surface area contributed by atoms with Crippen LogP contribution in [0.2, 0.25) is 0 Å². The number of ether oxygens (including phenoxy) is 5. The Bertz CT molecular complexity index is 3840. The number of nitrogens with zero attached hydrogens (tertiary/aromatic N) is 4. The molecule has 0 aliphatic carbocycles. The molecule has 0 saturated carbocycles. The minimum atomic E-state index is -3.89. The standard InChI is InChI=1S/C24H28N2O5S.C19H20N2O3S.C17H22N2O3.2CH4.ClH/c1-16-6-9-18(10-7-16)32(28,29)26-21-11-8-17(30-5)14-20(21)19-12-13-25(15-22(19)26)23(27)31-24(2,3)4;1-13-3-6-15(7-4-13)25(22,23)21-18-8-5-14(24-2)11-17(18)16-9-10-20-12-19(16)21;1-17(2,3)22-16(20)19-8-7-12-13-9-11(21-4)5-6-14(13)18-15(12)10-19;;;/h6-11,14H,12-13,15H2,1-5H3;3-8,11,20H,9-10,12H2,1-2H3;5-6,9,18H,7-8,10H2,1-4H3;2*1H4;1H. The molecule has 17 nitrogen and oxygen atoms in total. The number of carbonyl (C=O) groups is 2. The molecule has 8 aromatic rings. The number of halogens is 1. The summed E-state index contributed by atoms with van der Waals surface area (Å²) in [5.41, 5.74) is 9.01. The van der Waals surface area contributed by atoms with Gasteiger partial charge in [-0.3, -0.25) is 0 Å². The average molecular weight is 1180 g/mol. The van der Waals surface area contributed by atoms with Crippen LogP contribution in [0.3, 0.4) is 0 Å². The number of methoxy groups -OCH3 is 3. The number of hydrogen-bond acceptors (Lipinski definition) is 12. The number of aromatic amines is 1. The van der Waals surface area contributed by atoms with Crippen LogP contribution < -0.4 is 19.5 Å². The number of rotatable bonds is 7. The fourth-order valence-electron chi connectivity index (χ4n) is 10.3. The molecule has 0 fully saturated rings. The zero-order valence-corrected chi connectivity index (χ0v) is 49.6. The highest BCUT2D eigenvalue weighted by Crippen LogP contribution is 2.38. The van der Waals surface area contributed by atoms with Gasteiger partial charge in [0.15, 0.2) is 0 Å². The highest BCUT2D eigenvalue weighted by atomic mass is 35.5.